The van der Waals surface area contributed by atoms with Crippen LogP contribution in [-0.2, 0) is 0 Å². The van der Waals surface area contributed by atoms with E-state index in [1.54, 1.807) is 7.11 Å². The van der Waals surface area contributed by atoms with E-state index in [9.17, 15) is 0 Å². The normalized spacial score (nSPS) is 13.4. The second kappa shape index (κ2) is 6.92. The Morgan fingerprint density at radius 1 is 1.21 bits per heavy atom. The van der Waals surface area contributed by atoms with E-state index in [1.807, 2.05) is 6.07 Å². The molecule has 0 spiro atoms. The highest BCUT2D eigenvalue weighted by atomic mass is 16.5. The van der Waals surface area contributed by atoms with Gasteiger partial charge in [0.05, 0.1) is 7.11 Å². The number of hydrogen-bond donors (Lipinski definition) is 2. The van der Waals surface area contributed by atoms with E-state index in [2.05, 4.69) is 57.4 Å². The fraction of sp³-hybridized carbons (Fsp3) is 0.625. The zero-order chi connectivity index (χ0) is 14.5. The van der Waals surface area contributed by atoms with Gasteiger partial charge in [0.15, 0.2) is 0 Å². The Balaban J connectivity index is 2.53. The van der Waals surface area contributed by atoms with Crippen LogP contribution in [0.5, 0.6) is 5.75 Å². The molecule has 0 aliphatic heterocycles. The van der Waals surface area contributed by atoms with Crippen LogP contribution in [0.15, 0.2) is 18.2 Å². The SMILES string of the molecule is COc1ccc(C)cc1C(C)NCCNC(C)(C)C. The molecular formula is C16H28N2O. The maximum Gasteiger partial charge on any atom is 0.123 e. The van der Waals surface area contributed by atoms with Gasteiger partial charge in [-0.3, -0.25) is 0 Å². The molecule has 0 radical (unpaired) electrons. The minimum absolute atomic E-state index is 0.173. The van der Waals surface area contributed by atoms with Crippen LogP contribution in [0.2, 0.25) is 0 Å². The summed E-state index contributed by atoms with van der Waals surface area (Å²) in [6.45, 7) is 12.7. The summed E-state index contributed by atoms with van der Waals surface area (Å²) < 4.78 is 5.43. The van der Waals surface area contributed by atoms with E-state index in [0.717, 1.165) is 18.8 Å². The van der Waals surface area contributed by atoms with E-state index in [0.29, 0.717) is 0 Å². The minimum Gasteiger partial charge on any atom is -0.496 e. The molecule has 0 bridgehead atoms. The first-order valence-electron chi connectivity index (χ1n) is 6.96. The van der Waals surface area contributed by atoms with Crippen molar-refractivity contribution in [2.45, 2.75) is 46.2 Å². The van der Waals surface area contributed by atoms with Crippen molar-refractivity contribution >= 4 is 0 Å². The lowest BCUT2D eigenvalue weighted by molar-refractivity contribution is 0.394. The molecule has 0 fully saturated rings. The van der Waals surface area contributed by atoms with Gasteiger partial charge < -0.3 is 15.4 Å². The number of aryl methyl sites for hydroxylation is 1. The first-order valence-corrected chi connectivity index (χ1v) is 6.96. The van der Waals surface area contributed by atoms with E-state index in [1.165, 1.54) is 11.1 Å². The van der Waals surface area contributed by atoms with Crippen LogP contribution in [0.4, 0.5) is 0 Å². The number of nitrogens with one attached hydrogen (secondary N) is 2. The summed E-state index contributed by atoms with van der Waals surface area (Å²) in [6, 6.07) is 6.59. The highest BCUT2D eigenvalue weighted by Gasteiger charge is 2.12. The van der Waals surface area contributed by atoms with E-state index in [-0.39, 0.29) is 11.6 Å². The summed E-state index contributed by atoms with van der Waals surface area (Å²) in [5.41, 5.74) is 2.65. The van der Waals surface area contributed by atoms with Gasteiger partial charge in [-0.15, -0.1) is 0 Å². The molecule has 108 valence electrons. The number of methoxy groups -OCH3 is 1. The Hall–Kier alpha value is -1.06. The topological polar surface area (TPSA) is 33.3 Å². The molecule has 3 nitrogen and oxygen atoms in total. The molecule has 1 aromatic carbocycles. The Labute approximate surface area is 117 Å². The van der Waals surface area contributed by atoms with Crippen molar-refractivity contribution in [3.8, 4) is 5.75 Å². The van der Waals surface area contributed by atoms with Crippen LogP contribution in [0.25, 0.3) is 0 Å². The van der Waals surface area contributed by atoms with Gasteiger partial charge in [0.1, 0.15) is 5.75 Å². The van der Waals surface area contributed by atoms with Crippen molar-refractivity contribution < 1.29 is 4.74 Å². The molecule has 0 saturated carbocycles. The zero-order valence-electron chi connectivity index (χ0n) is 13.1. The Kier molecular flexibility index (Phi) is 5.83. The van der Waals surface area contributed by atoms with Gasteiger partial charge in [-0.05, 0) is 40.7 Å². The predicted molar refractivity (Wildman–Crippen MR) is 81.9 cm³/mol. The maximum atomic E-state index is 5.43. The van der Waals surface area contributed by atoms with Gasteiger partial charge in [0.25, 0.3) is 0 Å². The zero-order valence-corrected chi connectivity index (χ0v) is 13.1. The fourth-order valence-corrected chi connectivity index (χ4v) is 2.03. The molecule has 0 aliphatic rings. The van der Waals surface area contributed by atoms with E-state index < -0.39 is 0 Å². The van der Waals surface area contributed by atoms with Gasteiger partial charge in [-0.1, -0.05) is 17.7 Å². The third-order valence-corrected chi connectivity index (χ3v) is 3.08. The third-order valence-electron chi connectivity index (χ3n) is 3.08. The first kappa shape index (κ1) is 16.0. The molecule has 0 heterocycles. The van der Waals surface area contributed by atoms with Crippen LogP contribution in [-0.4, -0.2) is 25.7 Å². The third kappa shape index (κ3) is 5.62. The Morgan fingerprint density at radius 2 is 1.89 bits per heavy atom. The van der Waals surface area contributed by atoms with Crippen LogP contribution < -0.4 is 15.4 Å². The molecule has 0 amide bonds. The lowest BCUT2D eigenvalue weighted by Crippen LogP contribution is -2.40. The predicted octanol–water partition coefficient (Wildman–Crippen LogP) is 3.04. The molecule has 1 unspecified atom stereocenters. The van der Waals surface area contributed by atoms with Gasteiger partial charge in [0, 0.05) is 30.2 Å². The van der Waals surface area contributed by atoms with Crippen molar-refractivity contribution in [1.82, 2.24) is 10.6 Å². The Morgan fingerprint density at radius 3 is 2.47 bits per heavy atom. The van der Waals surface area contributed by atoms with Gasteiger partial charge in [0.2, 0.25) is 0 Å². The number of ether oxygens (including phenoxy) is 1. The fourth-order valence-electron chi connectivity index (χ4n) is 2.03. The standard InChI is InChI=1S/C16H28N2O/c1-12-7-8-15(19-6)14(11-12)13(2)17-9-10-18-16(3,4)5/h7-8,11,13,17-18H,9-10H2,1-6H3. The largest absolute Gasteiger partial charge is 0.496 e. The number of rotatable bonds is 6. The lowest BCUT2D eigenvalue weighted by atomic mass is 10.0. The molecular weight excluding hydrogens is 236 g/mol. The van der Waals surface area contributed by atoms with E-state index in [4.69, 9.17) is 4.74 Å². The number of benzene rings is 1. The summed E-state index contributed by atoms with van der Waals surface area (Å²) in [4.78, 5) is 0. The lowest BCUT2D eigenvalue weighted by Gasteiger charge is -2.22. The van der Waals surface area contributed by atoms with Gasteiger partial charge >= 0.3 is 0 Å². The van der Waals surface area contributed by atoms with Crippen molar-refractivity contribution in [2.24, 2.45) is 0 Å². The molecule has 3 heteroatoms. The quantitative estimate of drug-likeness (QED) is 0.775. The summed E-state index contributed by atoms with van der Waals surface area (Å²) in [5, 5.41) is 7.01. The smallest absolute Gasteiger partial charge is 0.123 e. The van der Waals surface area contributed by atoms with Crippen LogP contribution in [0.3, 0.4) is 0 Å². The average molecular weight is 264 g/mol. The minimum atomic E-state index is 0.173. The Bertz CT molecular complexity index is 396. The molecule has 0 aromatic heterocycles. The average Bonchev–Trinajstić information content (AvgIpc) is 2.33. The monoisotopic (exact) mass is 264 g/mol. The van der Waals surface area contributed by atoms with Crippen molar-refractivity contribution in [1.29, 1.82) is 0 Å². The molecule has 0 aliphatic carbocycles. The second-order valence-corrected chi connectivity index (χ2v) is 6.10. The molecule has 0 saturated heterocycles. The van der Waals surface area contributed by atoms with Crippen LogP contribution >= 0.6 is 0 Å². The molecule has 1 atom stereocenters. The number of hydrogen-bond acceptors (Lipinski definition) is 3. The summed E-state index contributed by atoms with van der Waals surface area (Å²) in [5.74, 6) is 0.953. The molecule has 1 rings (SSSR count). The van der Waals surface area contributed by atoms with Gasteiger partial charge in [-0.2, -0.15) is 0 Å². The first-order chi connectivity index (χ1) is 8.83. The van der Waals surface area contributed by atoms with Gasteiger partial charge in [-0.25, -0.2) is 0 Å². The molecule has 2 N–H and O–H groups in total. The molecule has 1 aromatic rings. The van der Waals surface area contributed by atoms with E-state index >= 15 is 0 Å². The highest BCUT2D eigenvalue weighted by Crippen LogP contribution is 2.25. The van der Waals surface area contributed by atoms with Crippen molar-refractivity contribution in [2.75, 3.05) is 20.2 Å². The summed E-state index contributed by atoms with van der Waals surface area (Å²) in [7, 11) is 1.72. The molecule has 19 heavy (non-hydrogen) atoms. The summed E-state index contributed by atoms with van der Waals surface area (Å²) in [6.07, 6.45) is 0. The van der Waals surface area contributed by atoms with Crippen molar-refractivity contribution in [3.05, 3.63) is 29.3 Å². The second-order valence-electron chi connectivity index (χ2n) is 6.10. The summed E-state index contributed by atoms with van der Waals surface area (Å²) >= 11 is 0. The highest BCUT2D eigenvalue weighted by molar-refractivity contribution is 5.38. The van der Waals surface area contributed by atoms with Crippen LogP contribution in [0.1, 0.15) is 44.9 Å². The van der Waals surface area contributed by atoms with Crippen molar-refractivity contribution in [3.63, 3.8) is 0 Å². The maximum absolute atomic E-state index is 5.43. The van der Waals surface area contributed by atoms with Crippen LogP contribution in [0, 0.1) is 6.92 Å².